The lowest BCUT2D eigenvalue weighted by atomic mass is 9.65. The minimum absolute atomic E-state index is 0.0621. The van der Waals surface area contributed by atoms with Crippen LogP contribution in [0.3, 0.4) is 0 Å². The molecule has 1 aromatic heterocycles. The maximum Gasteiger partial charge on any atom is 0.228 e. The smallest absolute Gasteiger partial charge is 0.228 e. The second kappa shape index (κ2) is 10.1. The number of ether oxygens (including phenoxy) is 2. The van der Waals surface area contributed by atoms with Crippen LogP contribution in [0.25, 0.3) is 0 Å². The molecule has 0 aromatic carbocycles. The van der Waals surface area contributed by atoms with Gasteiger partial charge >= 0.3 is 0 Å². The Bertz CT molecular complexity index is 742. The molecule has 0 radical (unpaired) electrons. The Hall–Kier alpha value is -1.99. The zero-order valence-electron chi connectivity index (χ0n) is 18.6. The molecule has 4 rings (SSSR count). The van der Waals surface area contributed by atoms with Gasteiger partial charge < -0.3 is 19.3 Å². The van der Waals surface area contributed by atoms with Gasteiger partial charge in [-0.1, -0.05) is 0 Å². The number of aromatic nitrogens is 1. The zero-order valence-corrected chi connectivity index (χ0v) is 18.6. The third-order valence-electron chi connectivity index (χ3n) is 7.52. The Morgan fingerprint density at radius 3 is 2.48 bits per heavy atom. The molecular weight excluding hydrogens is 394 g/mol. The van der Waals surface area contributed by atoms with E-state index in [-0.39, 0.29) is 29.1 Å². The summed E-state index contributed by atoms with van der Waals surface area (Å²) in [5.74, 6) is 0.429. The monoisotopic (exact) mass is 429 g/mol. The van der Waals surface area contributed by atoms with Crippen molar-refractivity contribution in [1.82, 2.24) is 14.8 Å². The van der Waals surface area contributed by atoms with Crippen molar-refractivity contribution < 1.29 is 19.1 Å². The number of rotatable bonds is 5. The second-order valence-electron chi connectivity index (χ2n) is 9.16. The molecular formula is C24H35N3O4. The van der Waals surface area contributed by atoms with Crippen LogP contribution >= 0.6 is 0 Å². The van der Waals surface area contributed by atoms with Gasteiger partial charge in [0.25, 0.3) is 0 Å². The van der Waals surface area contributed by atoms with E-state index in [0.29, 0.717) is 39.5 Å². The van der Waals surface area contributed by atoms with Crippen LogP contribution in [0.2, 0.25) is 0 Å². The standard InChI is InChI=1S/C24H35N3O4/c1-2-26(17-19-3-10-25-11-4-19)23(29)21-18-31-16-9-24(21)7-12-27(13-8-24)22(28)20-5-14-30-15-6-20/h3-4,10-11,20-21H,2,5-9,12-18H2,1H3. The summed E-state index contributed by atoms with van der Waals surface area (Å²) in [6.07, 6.45) is 7.86. The van der Waals surface area contributed by atoms with E-state index in [0.717, 1.165) is 50.8 Å². The zero-order chi connectivity index (χ0) is 21.7. The fraction of sp³-hybridized carbons (Fsp3) is 0.708. The van der Waals surface area contributed by atoms with Gasteiger partial charge in [0, 0.05) is 64.3 Å². The first-order valence-corrected chi connectivity index (χ1v) is 11.7. The van der Waals surface area contributed by atoms with Crippen molar-refractivity contribution in [2.24, 2.45) is 17.3 Å². The maximum atomic E-state index is 13.6. The molecule has 4 heterocycles. The number of carbonyl (C=O) groups is 2. The molecule has 3 fully saturated rings. The quantitative estimate of drug-likeness (QED) is 0.719. The Kier molecular flexibility index (Phi) is 7.23. The highest BCUT2D eigenvalue weighted by Crippen LogP contribution is 2.46. The number of nitrogens with zero attached hydrogens (tertiary/aromatic N) is 3. The third-order valence-corrected chi connectivity index (χ3v) is 7.52. The van der Waals surface area contributed by atoms with Crippen LogP contribution in [0.5, 0.6) is 0 Å². The Morgan fingerprint density at radius 2 is 1.81 bits per heavy atom. The van der Waals surface area contributed by atoms with Crippen molar-refractivity contribution in [1.29, 1.82) is 0 Å². The second-order valence-corrected chi connectivity index (χ2v) is 9.16. The van der Waals surface area contributed by atoms with Crippen molar-refractivity contribution in [3.63, 3.8) is 0 Å². The van der Waals surface area contributed by atoms with Gasteiger partial charge in [0.15, 0.2) is 0 Å². The molecule has 1 spiro atoms. The van der Waals surface area contributed by atoms with E-state index >= 15 is 0 Å². The van der Waals surface area contributed by atoms with E-state index in [2.05, 4.69) is 4.98 Å². The topological polar surface area (TPSA) is 72.0 Å². The van der Waals surface area contributed by atoms with Gasteiger partial charge in [0.05, 0.1) is 12.5 Å². The maximum absolute atomic E-state index is 13.6. The summed E-state index contributed by atoms with van der Waals surface area (Å²) in [7, 11) is 0. The predicted molar refractivity (Wildman–Crippen MR) is 116 cm³/mol. The molecule has 3 saturated heterocycles. The van der Waals surface area contributed by atoms with Gasteiger partial charge in [0.1, 0.15) is 0 Å². The Morgan fingerprint density at radius 1 is 1.10 bits per heavy atom. The highest BCUT2D eigenvalue weighted by atomic mass is 16.5. The molecule has 31 heavy (non-hydrogen) atoms. The summed E-state index contributed by atoms with van der Waals surface area (Å²) in [6, 6.07) is 3.92. The van der Waals surface area contributed by atoms with E-state index in [1.54, 1.807) is 12.4 Å². The average Bonchev–Trinajstić information content (AvgIpc) is 2.84. The van der Waals surface area contributed by atoms with Gasteiger partial charge in [0.2, 0.25) is 11.8 Å². The van der Waals surface area contributed by atoms with E-state index < -0.39 is 0 Å². The van der Waals surface area contributed by atoms with E-state index in [4.69, 9.17) is 9.47 Å². The fourth-order valence-corrected chi connectivity index (χ4v) is 5.41. The number of hydrogen-bond acceptors (Lipinski definition) is 5. The number of amides is 2. The molecule has 3 aliphatic heterocycles. The van der Waals surface area contributed by atoms with Crippen molar-refractivity contribution in [2.75, 3.05) is 46.1 Å². The van der Waals surface area contributed by atoms with Crippen molar-refractivity contribution in [3.05, 3.63) is 30.1 Å². The Balaban J connectivity index is 1.42. The molecule has 0 saturated carbocycles. The molecule has 1 aromatic rings. The lowest BCUT2D eigenvalue weighted by molar-refractivity contribution is -0.156. The van der Waals surface area contributed by atoms with Crippen LogP contribution in [-0.4, -0.2) is 72.7 Å². The van der Waals surface area contributed by atoms with Crippen LogP contribution in [0.15, 0.2) is 24.5 Å². The molecule has 0 aliphatic carbocycles. The van der Waals surface area contributed by atoms with Crippen LogP contribution in [-0.2, 0) is 25.6 Å². The molecule has 1 atom stereocenters. The molecule has 7 nitrogen and oxygen atoms in total. The number of piperidine rings is 1. The summed E-state index contributed by atoms with van der Waals surface area (Å²) < 4.78 is 11.2. The molecule has 2 amide bonds. The molecule has 170 valence electrons. The van der Waals surface area contributed by atoms with Crippen LogP contribution in [0.1, 0.15) is 44.6 Å². The molecule has 0 N–H and O–H groups in total. The fourth-order valence-electron chi connectivity index (χ4n) is 5.41. The lowest BCUT2D eigenvalue weighted by Gasteiger charge is -2.49. The van der Waals surface area contributed by atoms with E-state index in [1.165, 1.54) is 0 Å². The van der Waals surface area contributed by atoms with Crippen LogP contribution < -0.4 is 0 Å². The molecule has 3 aliphatic rings. The minimum atomic E-state index is -0.136. The molecule has 7 heteroatoms. The van der Waals surface area contributed by atoms with E-state index in [9.17, 15) is 9.59 Å². The summed E-state index contributed by atoms with van der Waals surface area (Å²) in [5.41, 5.74) is 1.03. The number of pyridine rings is 1. The van der Waals surface area contributed by atoms with Crippen LogP contribution in [0, 0.1) is 17.3 Å². The first-order valence-electron chi connectivity index (χ1n) is 11.7. The highest BCUT2D eigenvalue weighted by molar-refractivity contribution is 5.81. The minimum Gasteiger partial charge on any atom is -0.381 e. The Labute approximate surface area is 185 Å². The summed E-state index contributed by atoms with van der Waals surface area (Å²) in [6.45, 7) is 7.35. The largest absolute Gasteiger partial charge is 0.381 e. The van der Waals surface area contributed by atoms with Gasteiger partial charge in [-0.15, -0.1) is 0 Å². The predicted octanol–water partition coefficient (Wildman–Crippen LogP) is 2.50. The van der Waals surface area contributed by atoms with Gasteiger partial charge in [-0.05, 0) is 62.1 Å². The van der Waals surface area contributed by atoms with Gasteiger partial charge in [-0.25, -0.2) is 0 Å². The summed E-state index contributed by atoms with van der Waals surface area (Å²) in [4.78, 5) is 34.6. The normalized spacial score (nSPS) is 24.2. The van der Waals surface area contributed by atoms with Gasteiger partial charge in [-0.3, -0.25) is 14.6 Å². The molecule has 0 bridgehead atoms. The molecule has 1 unspecified atom stereocenters. The van der Waals surface area contributed by atoms with Gasteiger partial charge in [-0.2, -0.15) is 0 Å². The van der Waals surface area contributed by atoms with Crippen molar-refractivity contribution in [2.45, 2.75) is 45.6 Å². The average molecular weight is 430 g/mol. The SMILES string of the molecule is CCN(Cc1ccncc1)C(=O)C1COCCC12CCN(C(=O)C1CCOCC1)CC2. The van der Waals surface area contributed by atoms with E-state index in [1.807, 2.05) is 28.9 Å². The summed E-state index contributed by atoms with van der Waals surface area (Å²) >= 11 is 0. The van der Waals surface area contributed by atoms with Crippen LogP contribution in [0.4, 0.5) is 0 Å². The summed E-state index contributed by atoms with van der Waals surface area (Å²) in [5, 5.41) is 0. The highest BCUT2D eigenvalue weighted by Gasteiger charge is 2.48. The van der Waals surface area contributed by atoms with Crippen molar-refractivity contribution in [3.8, 4) is 0 Å². The number of hydrogen-bond donors (Lipinski definition) is 0. The first kappa shape index (κ1) is 22.2. The van der Waals surface area contributed by atoms with Crippen molar-refractivity contribution >= 4 is 11.8 Å². The number of carbonyl (C=O) groups excluding carboxylic acids is 2. The first-order chi connectivity index (χ1) is 15.1. The number of likely N-dealkylation sites (tertiary alicyclic amines) is 1. The lowest BCUT2D eigenvalue weighted by Crippen LogP contribution is -2.55. The third kappa shape index (κ3) is 4.93.